The van der Waals surface area contributed by atoms with E-state index in [0.29, 0.717) is 29.7 Å². The number of anilines is 1. The van der Waals surface area contributed by atoms with Crippen molar-refractivity contribution in [3.63, 3.8) is 0 Å². The van der Waals surface area contributed by atoms with Crippen molar-refractivity contribution in [2.24, 2.45) is 0 Å². The molecule has 25 heavy (non-hydrogen) atoms. The molecule has 4 rings (SSSR count). The Morgan fingerprint density at radius 1 is 1.40 bits per heavy atom. The first-order chi connectivity index (χ1) is 12.1. The van der Waals surface area contributed by atoms with Crippen LogP contribution in [0.25, 0.3) is 0 Å². The summed E-state index contributed by atoms with van der Waals surface area (Å²) >= 11 is 7.39. The molecule has 0 aliphatic carbocycles. The zero-order chi connectivity index (χ0) is 17.4. The molecule has 1 aliphatic heterocycles. The van der Waals surface area contributed by atoms with Crippen LogP contribution in [0.2, 0.25) is 5.02 Å². The average Bonchev–Trinajstić information content (AvgIpc) is 3.30. The van der Waals surface area contributed by atoms with Crippen LogP contribution in [0.4, 0.5) is 10.1 Å². The van der Waals surface area contributed by atoms with Crippen LogP contribution in [-0.4, -0.2) is 22.6 Å². The maximum Gasteiger partial charge on any atom is 0.231 e. The van der Waals surface area contributed by atoms with Gasteiger partial charge in [0.15, 0.2) is 5.82 Å². The molecule has 5 nitrogen and oxygen atoms in total. The van der Waals surface area contributed by atoms with Crippen LogP contribution >= 0.6 is 22.9 Å². The van der Waals surface area contributed by atoms with Gasteiger partial charge in [-0.15, -0.1) is 11.3 Å². The van der Waals surface area contributed by atoms with Gasteiger partial charge >= 0.3 is 0 Å². The fourth-order valence-corrected chi connectivity index (χ4v) is 3.74. The van der Waals surface area contributed by atoms with Gasteiger partial charge < -0.3 is 9.42 Å². The van der Waals surface area contributed by atoms with Gasteiger partial charge in [-0.05, 0) is 29.6 Å². The van der Waals surface area contributed by atoms with Crippen molar-refractivity contribution < 1.29 is 13.7 Å². The minimum Gasteiger partial charge on any atom is -0.339 e. The Morgan fingerprint density at radius 3 is 3.04 bits per heavy atom. The number of thiophene rings is 1. The van der Waals surface area contributed by atoms with E-state index in [2.05, 4.69) is 10.1 Å². The van der Waals surface area contributed by atoms with E-state index < -0.39 is 5.82 Å². The van der Waals surface area contributed by atoms with Crippen molar-refractivity contribution in [3.05, 3.63) is 63.1 Å². The molecule has 3 aromatic rings. The van der Waals surface area contributed by atoms with E-state index in [-0.39, 0.29) is 23.9 Å². The minimum absolute atomic E-state index is 0.171. The number of rotatable bonds is 4. The lowest BCUT2D eigenvalue weighted by atomic mass is 10.1. The summed E-state index contributed by atoms with van der Waals surface area (Å²) in [5.74, 6) is 0.0880. The van der Waals surface area contributed by atoms with Crippen LogP contribution in [0, 0.1) is 5.82 Å². The second kappa shape index (κ2) is 6.57. The highest BCUT2D eigenvalue weighted by molar-refractivity contribution is 7.09. The summed E-state index contributed by atoms with van der Waals surface area (Å²) in [7, 11) is 0. The first kappa shape index (κ1) is 16.2. The molecule has 1 unspecified atom stereocenters. The normalized spacial score (nSPS) is 17.4. The largest absolute Gasteiger partial charge is 0.339 e. The number of hydrogen-bond acceptors (Lipinski definition) is 5. The van der Waals surface area contributed by atoms with Gasteiger partial charge in [0, 0.05) is 28.8 Å². The summed E-state index contributed by atoms with van der Waals surface area (Å²) in [5, 5.41) is 6.28. The van der Waals surface area contributed by atoms with Crippen LogP contribution in [0.3, 0.4) is 0 Å². The van der Waals surface area contributed by atoms with Crippen LogP contribution in [0.1, 0.15) is 28.9 Å². The van der Waals surface area contributed by atoms with Crippen molar-refractivity contribution in [1.82, 2.24) is 10.1 Å². The van der Waals surface area contributed by atoms with Crippen LogP contribution < -0.4 is 4.90 Å². The number of hydrogen-bond donors (Lipinski definition) is 0. The predicted molar refractivity (Wildman–Crippen MR) is 92.5 cm³/mol. The third kappa shape index (κ3) is 3.29. The van der Waals surface area contributed by atoms with E-state index in [0.717, 1.165) is 4.88 Å². The van der Waals surface area contributed by atoms with Crippen molar-refractivity contribution in [3.8, 4) is 0 Å². The molecule has 0 N–H and O–H groups in total. The highest BCUT2D eigenvalue weighted by Crippen LogP contribution is 2.33. The van der Waals surface area contributed by atoms with Gasteiger partial charge in [0.2, 0.25) is 11.8 Å². The molecule has 2 aromatic heterocycles. The third-order valence-corrected chi connectivity index (χ3v) is 5.19. The van der Waals surface area contributed by atoms with Crippen LogP contribution in [0.5, 0.6) is 0 Å². The Balaban J connectivity index is 1.51. The highest BCUT2D eigenvalue weighted by atomic mass is 35.5. The summed E-state index contributed by atoms with van der Waals surface area (Å²) < 4.78 is 19.4. The average molecular weight is 378 g/mol. The first-order valence-corrected chi connectivity index (χ1v) is 8.96. The number of benzene rings is 1. The third-order valence-electron chi connectivity index (χ3n) is 4.08. The van der Waals surface area contributed by atoms with Crippen molar-refractivity contribution >= 4 is 34.5 Å². The first-order valence-electron chi connectivity index (χ1n) is 7.70. The molecule has 0 spiro atoms. The Bertz CT molecular complexity index is 913. The van der Waals surface area contributed by atoms with E-state index in [4.69, 9.17) is 16.1 Å². The van der Waals surface area contributed by atoms with Gasteiger partial charge in [0.05, 0.1) is 12.1 Å². The molecule has 1 saturated heterocycles. The number of halogens is 2. The van der Waals surface area contributed by atoms with E-state index in [1.54, 1.807) is 17.4 Å². The molecule has 1 atom stereocenters. The Kier molecular flexibility index (Phi) is 4.27. The summed E-state index contributed by atoms with van der Waals surface area (Å²) in [6.07, 6.45) is 0.793. The lowest BCUT2D eigenvalue weighted by Gasteiger charge is -2.17. The standard InChI is InChI=1S/C17H13ClFN3O2S/c18-11-3-4-14(13(19)7-11)22-9-10(6-16(22)23)17-20-15(24-21-17)8-12-2-1-5-25-12/h1-5,7,10H,6,8-9H2. The lowest BCUT2D eigenvalue weighted by molar-refractivity contribution is -0.117. The molecule has 1 fully saturated rings. The second-order valence-corrected chi connectivity index (χ2v) is 7.27. The predicted octanol–water partition coefficient (Wildman–Crippen LogP) is 4.03. The SMILES string of the molecule is O=C1CC(c2noc(Cc3cccs3)n2)CN1c1ccc(Cl)cc1F. The molecule has 1 aromatic carbocycles. The van der Waals surface area contributed by atoms with Crippen LogP contribution in [-0.2, 0) is 11.2 Å². The summed E-state index contributed by atoms with van der Waals surface area (Å²) in [4.78, 5) is 19.2. The molecule has 128 valence electrons. The van der Waals surface area contributed by atoms with Gasteiger partial charge in [-0.3, -0.25) is 4.79 Å². The molecule has 0 bridgehead atoms. The van der Waals surface area contributed by atoms with Gasteiger partial charge in [0.25, 0.3) is 0 Å². The quantitative estimate of drug-likeness (QED) is 0.688. The van der Waals surface area contributed by atoms with Gasteiger partial charge in [-0.1, -0.05) is 22.8 Å². The zero-order valence-corrected chi connectivity index (χ0v) is 14.6. The van der Waals surface area contributed by atoms with Gasteiger partial charge in [-0.25, -0.2) is 4.39 Å². The number of carbonyl (C=O) groups excluding carboxylic acids is 1. The number of aromatic nitrogens is 2. The van der Waals surface area contributed by atoms with Crippen molar-refractivity contribution in [2.45, 2.75) is 18.8 Å². The Hall–Kier alpha value is -2.25. The second-order valence-electron chi connectivity index (χ2n) is 5.80. The lowest BCUT2D eigenvalue weighted by Crippen LogP contribution is -2.25. The molecule has 0 saturated carbocycles. The molecule has 8 heteroatoms. The molecule has 1 aliphatic rings. The zero-order valence-electron chi connectivity index (χ0n) is 13.0. The molecule has 3 heterocycles. The molecule has 1 amide bonds. The summed E-state index contributed by atoms with van der Waals surface area (Å²) in [6, 6.07) is 8.24. The van der Waals surface area contributed by atoms with Crippen molar-refractivity contribution in [2.75, 3.05) is 11.4 Å². The highest BCUT2D eigenvalue weighted by Gasteiger charge is 2.35. The molecular weight excluding hydrogens is 365 g/mol. The fraction of sp³-hybridized carbons (Fsp3) is 0.235. The summed E-state index contributed by atoms with van der Waals surface area (Å²) in [5.41, 5.74) is 0.221. The summed E-state index contributed by atoms with van der Waals surface area (Å²) in [6.45, 7) is 0.315. The number of nitrogens with zero attached hydrogens (tertiary/aromatic N) is 3. The number of amides is 1. The minimum atomic E-state index is -0.520. The van der Waals surface area contributed by atoms with E-state index >= 15 is 0 Å². The van der Waals surface area contributed by atoms with E-state index in [9.17, 15) is 9.18 Å². The molecule has 0 radical (unpaired) electrons. The molecular formula is C17H13ClFN3O2S. The maximum absolute atomic E-state index is 14.1. The number of carbonyl (C=O) groups is 1. The fourth-order valence-electron chi connectivity index (χ4n) is 2.88. The van der Waals surface area contributed by atoms with E-state index in [1.165, 1.54) is 17.0 Å². The van der Waals surface area contributed by atoms with Crippen molar-refractivity contribution in [1.29, 1.82) is 0 Å². The van der Waals surface area contributed by atoms with Gasteiger partial charge in [-0.2, -0.15) is 4.98 Å². The van der Waals surface area contributed by atoms with Gasteiger partial charge in [0.1, 0.15) is 5.82 Å². The monoisotopic (exact) mass is 377 g/mol. The van der Waals surface area contributed by atoms with E-state index in [1.807, 2.05) is 17.5 Å². The topological polar surface area (TPSA) is 59.2 Å². The van der Waals surface area contributed by atoms with Crippen LogP contribution in [0.15, 0.2) is 40.2 Å². The Labute approximate surface area is 152 Å². The maximum atomic E-state index is 14.1. The smallest absolute Gasteiger partial charge is 0.231 e. The Morgan fingerprint density at radius 2 is 2.28 bits per heavy atom.